The van der Waals surface area contributed by atoms with Crippen LogP contribution >= 0.6 is 0 Å². The second-order valence-electron chi connectivity index (χ2n) is 9.01. The molecular weight excluding hydrogens is 498 g/mol. The third-order valence-electron chi connectivity index (χ3n) is 6.47. The summed E-state index contributed by atoms with van der Waals surface area (Å²) >= 11 is 0. The van der Waals surface area contributed by atoms with Crippen molar-refractivity contribution in [2.24, 2.45) is 0 Å². The molecule has 1 amide bonds. The van der Waals surface area contributed by atoms with Crippen LogP contribution in [0.1, 0.15) is 36.5 Å². The van der Waals surface area contributed by atoms with Gasteiger partial charge in [0.2, 0.25) is 11.7 Å². The van der Waals surface area contributed by atoms with Gasteiger partial charge in [0, 0.05) is 18.9 Å². The van der Waals surface area contributed by atoms with Crippen molar-refractivity contribution in [3.63, 3.8) is 0 Å². The van der Waals surface area contributed by atoms with Crippen LogP contribution in [0.3, 0.4) is 0 Å². The van der Waals surface area contributed by atoms with Crippen molar-refractivity contribution in [3.8, 4) is 17.2 Å². The van der Waals surface area contributed by atoms with Crippen molar-refractivity contribution in [3.05, 3.63) is 64.7 Å². The highest BCUT2D eigenvalue weighted by molar-refractivity contribution is 7.87. The molecule has 37 heavy (non-hydrogen) atoms. The fourth-order valence-corrected chi connectivity index (χ4v) is 5.66. The Morgan fingerprint density at radius 1 is 1.08 bits per heavy atom. The van der Waals surface area contributed by atoms with E-state index in [1.807, 2.05) is 6.92 Å². The van der Waals surface area contributed by atoms with Gasteiger partial charge in [0.1, 0.15) is 11.0 Å². The van der Waals surface area contributed by atoms with Gasteiger partial charge in [-0.15, -0.1) is 0 Å². The van der Waals surface area contributed by atoms with Gasteiger partial charge >= 0.3 is 10.1 Å². The predicted octanol–water partition coefficient (Wildman–Crippen LogP) is 2.87. The largest absolute Gasteiger partial charge is 0.492 e. The molecule has 0 radical (unpaired) electrons. The van der Waals surface area contributed by atoms with Gasteiger partial charge in [-0.1, -0.05) is 23.8 Å². The summed E-state index contributed by atoms with van der Waals surface area (Å²) < 4.78 is 43.0. The number of carbonyl (C=O) groups excluding carboxylic acids is 2. The lowest BCUT2D eigenvalue weighted by atomic mass is 9.91. The molecule has 0 spiro atoms. The summed E-state index contributed by atoms with van der Waals surface area (Å²) in [7, 11) is -1.39. The average Bonchev–Trinajstić information content (AvgIpc) is 3.07. The number of hydrogen-bond acceptors (Lipinski definition) is 8. The molecule has 0 bridgehead atoms. The summed E-state index contributed by atoms with van der Waals surface area (Å²) in [4.78, 5) is 24.3. The molecule has 4 rings (SSSR count). The van der Waals surface area contributed by atoms with Gasteiger partial charge in [-0.2, -0.15) is 8.42 Å². The van der Waals surface area contributed by atoms with E-state index in [1.54, 1.807) is 24.3 Å². The van der Waals surface area contributed by atoms with E-state index in [0.717, 1.165) is 5.56 Å². The number of carbonyl (C=O) groups is 2. The number of amides is 1. The number of methoxy groups -OCH3 is 2. The van der Waals surface area contributed by atoms with Crippen molar-refractivity contribution >= 4 is 27.4 Å². The molecule has 10 heteroatoms. The summed E-state index contributed by atoms with van der Waals surface area (Å²) in [6.45, 7) is 3.25. The molecule has 9 nitrogen and oxygen atoms in total. The molecule has 0 aliphatic heterocycles. The number of benzene rings is 2. The molecule has 2 atom stereocenters. The lowest BCUT2D eigenvalue weighted by Crippen LogP contribution is -2.36. The number of aliphatic hydroxyl groups excluding tert-OH is 1. The van der Waals surface area contributed by atoms with Crippen LogP contribution in [0.2, 0.25) is 0 Å². The molecule has 0 saturated carbocycles. The highest BCUT2D eigenvalue weighted by atomic mass is 32.2. The Bertz CT molecular complexity index is 1410. The van der Waals surface area contributed by atoms with Crippen LogP contribution in [0.4, 0.5) is 0 Å². The molecule has 2 aliphatic rings. The smallest absolute Gasteiger partial charge is 0.339 e. The number of aliphatic hydroxyl groups is 1. The summed E-state index contributed by atoms with van der Waals surface area (Å²) in [6, 6.07) is 7.41. The number of fused-ring (bicyclic) bond motifs is 2. The second kappa shape index (κ2) is 10.4. The van der Waals surface area contributed by atoms with Crippen LogP contribution in [-0.2, 0) is 26.1 Å². The minimum atomic E-state index is -4.19. The van der Waals surface area contributed by atoms with Crippen molar-refractivity contribution in [1.29, 1.82) is 0 Å². The summed E-state index contributed by atoms with van der Waals surface area (Å²) in [6.07, 6.45) is 2.53. The zero-order valence-electron chi connectivity index (χ0n) is 21.0. The van der Waals surface area contributed by atoms with Gasteiger partial charge in [-0.25, -0.2) is 0 Å². The Kier molecular flexibility index (Phi) is 7.42. The maximum Gasteiger partial charge on any atom is 0.339 e. The molecule has 0 fully saturated rings. The van der Waals surface area contributed by atoms with Crippen LogP contribution in [0.25, 0.3) is 5.57 Å². The van der Waals surface area contributed by atoms with E-state index < -0.39 is 28.0 Å². The Balaban J connectivity index is 1.91. The zero-order valence-corrected chi connectivity index (χ0v) is 21.8. The first-order valence-electron chi connectivity index (χ1n) is 11.7. The number of allylic oxidation sites excluding steroid dienone is 2. The number of hydrogen-bond donors (Lipinski definition) is 2. The summed E-state index contributed by atoms with van der Waals surface area (Å²) in [5.74, 6) is -0.474. The Hall–Kier alpha value is -3.63. The minimum absolute atomic E-state index is 0.0102. The first kappa shape index (κ1) is 26.4. The van der Waals surface area contributed by atoms with E-state index in [9.17, 15) is 23.1 Å². The molecule has 196 valence electrons. The average molecular weight is 528 g/mol. The maximum atomic E-state index is 13.1. The highest BCUT2D eigenvalue weighted by Gasteiger charge is 2.34. The molecule has 2 N–H and O–H groups in total. The third kappa shape index (κ3) is 5.26. The van der Waals surface area contributed by atoms with Crippen LogP contribution in [0, 0.1) is 6.92 Å². The van der Waals surface area contributed by atoms with Crippen molar-refractivity contribution in [2.45, 2.75) is 50.2 Å². The number of aryl methyl sites for hydroxylation is 2. The fourth-order valence-electron chi connectivity index (χ4n) is 4.74. The molecule has 2 aromatic carbocycles. The van der Waals surface area contributed by atoms with Crippen LogP contribution in [0.15, 0.2) is 53.0 Å². The van der Waals surface area contributed by atoms with Gasteiger partial charge in [0.25, 0.3) is 0 Å². The highest BCUT2D eigenvalue weighted by Crippen LogP contribution is 2.49. The monoisotopic (exact) mass is 527 g/mol. The third-order valence-corrected chi connectivity index (χ3v) is 7.72. The zero-order chi connectivity index (χ0) is 26.9. The van der Waals surface area contributed by atoms with E-state index in [4.69, 9.17) is 13.7 Å². The quantitative estimate of drug-likeness (QED) is 0.549. The standard InChI is InChI=1S/C27H29NO8S/c1-15-5-8-18(9-6-15)37(32,33)36-24-13-17-7-11-21(28-16(2)29)20-14-23(31)22(30)12-10-19(20)25(17)27(35-4)26(24)34-3/h5-6,8-10,12-13,21,23,31H,7,11,14H2,1-4H3,(H,28,29). The van der Waals surface area contributed by atoms with E-state index in [1.165, 1.54) is 39.4 Å². The van der Waals surface area contributed by atoms with Crippen molar-refractivity contribution < 1.29 is 36.8 Å². The van der Waals surface area contributed by atoms with E-state index in [2.05, 4.69) is 5.32 Å². The number of nitrogens with one attached hydrogen (secondary N) is 1. The Morgan fingerprint density at radius 2 is 1.76 bits per heavy atom. The SMILES string of the molecule is COc1c(OS(=O)(=O)c2ccc(C)cc2)cc2c(c1OC)C1=C(CC(O)C(=O)C=C1)C(NC(C)=O)CC2. The normalized spacial score (nSPS) is 19.3. The van der Waals surface area contributed by atoms with E-state index >= 15 is 0 Å². The first-order valence-corrected chi connectivity index (χ1v) is 13.2. The van der Waals surface area contributed by atoms with Gasteiger partial charge in [0.15, 0.2) is 17.3 Å². The molecule has 0 saturated heterocycles. The number of ether oxygens (including phenoxy) is 2. The van der Waals surface area contributed by atoms with Crippen LogP contribution < -0.4 is 19.0 Å². The Morgan fingerprint density at radius 3 is 2.38 bits per heavy atom. The second-order valence-corrected chi connectivity index (χ2v) is 10.6. The van der Waals surface area contributed by atoms with Gasteiger partial charge in [-0.05, 0) is 60.8 Å². The maximum absolute atomic E-state index is 13.1. The van der Waals surface area contributed by atoms with Gasteiger partial charge < -0.3 is 24.1 Å². The van der Waals surface area contributed by atoms with E-state index in [0.29, 0.717) is 35.1 Å². The van der Waals surface area contributed by atoms with Crippen LogP contribution in [-0.4, -0.2) is 51.6 Å². The molecule has 0 aromatic heterocycles. The van der Waals surface area contributed by atoms with Gasteiger partial charge in [-0.3, -0.25) is 9.59 Å². The minimum Gasteiger partial charge on any atom is -0.492 e. The lowest BCUT2D eigenvalue weighted by Gasteiger charge is -2.23. The van der Waals surface area contributed by atoms with Crippen molar-refractivity contribution in [2.75, 3.05) is 14.2 Å². The topological polar surface area (TPSA) is 128 Å². The van der Waals surface area contributed by atoms with Crippen molar-refractivity contribution in [1.82, 2.24) is 5.32 Å². The van der Waals surface area contributed by atoms with Crippen LogP contribution in [0.5, 0.6) is 17.2 Å². The van der Waals surface area contributed by atoms with Gasteiger partial charge in [0.05, 0.1) is 20.3 Å². The predicted molar refractivity (Wildman–Crippen MR) is 136 cm³/mol. The molecule has 2 aromatic rings. The first-order chi connectivity index (χ1) is 17.6. The summed E-state index contributed by atoms with van der Waals surface area (Å²) in [5, 5.41) is 13.3. The van der Waals surface area contributed by atoms with E-state index in [-0.39, 0.29) is 34.5 Å². The Labute approximate surface area is 215 Å². The molecule has 0 heterocycles. The summed E-state index contributed by atoms with van der Waals surface area (Å²) in [5.41, 5.74) is 3.44. The number of rotatable bonds is 6. The molecular formula is C27H29NO8S. The molecule has 2 unspecified atom stereocenters. The number of ketones is 1. The fraction of sp³-hybridized carbons (Fsp3) is 0.333. The lowest BCUT2D eigenvalue weighted by molar-refractivity contribution is -0.122. The molecule has 2 aliphatic carbocycles.